The maximum absolute atomic E-state index is 13.1. The number of furan rings is 1. The van der Waals surface area contributed by atoms with Crippen LogP contribution in [0.2, 0.25) is 0 Å². The van der Waals surface area contributed by atoms with Crippen LogP contribution in [0.25, 0.3) is 17.4 Å². The summed E-state index contributed by atoms with van der Waals surface area (Å²) >= 11 is 1.25. The van der Waals surface area contributed by atoms with E-state index in [0.717, 1.165) is 5.56 Å². The van der Waals surface area contributed by atoms with Gasteiger partial charge in [-0.1, -0.05) is 0 Å². The molecule has 1 amide bonds. The molecule has 0 radical (unpaired) electrons. The number of amides is 1. The van der Waals surface area contributed by atoms with Gasteiger partial charge in [-0.25, -0.2) is 9.38 Å². The topological polar surface area (TPSA) is 69.6 Å². The molecule has 0 unspecified atom stereocenters. The van der Waals surface area contributed by atoms with Crippen LogP contribution in [0, 0.1) is 17.1 Å². The molecule has 0 atom stereocenters. The predicted molar refractivity (Wildman–Crippen MR) is 115 cm³/mol. The molecule has 2 heterocycles. The molecule has 1 saturated heterocycles. The fourth-order valence-corrected chi connectivity index (χ4v) is 3.96. The second-order valence-electron chi connectivity index (χ2n) is 6.42. The molecule has 4 rings (SSSR count). The van der Waals surface area contributed by atoms with Crippen molar-refractivity contribution < 1.29 is 13.6 Å². The third kappa shape index (κ3) is 4.04. The zero-order valence-corrected chi connectivity index (χ0v) is 16.8. The number of likely N-dealkylation sites (N-methyl/N-ethyl adjacent to an activating group) is 1. The minimum absolute atomic E-state index is 0.153. The molecule has 0 bridgehead atoms. The van der Waals surface area contributed by atoms with Gasteiger partial charge in [-0.2, -0.15) is 5.26 Å². The number of benzene rings is 2. The Morgan fingerprint density at radius 2 is 1.87 bits per heavy atom. The molecule has 0 N–H and O–H groups in total. The molecule has 7 heteroatoms. The van der Waals surface area contributed by atoms with E-state index >= 15 is 0 Å². The number of rotatable bonds is 4. The van der Waals surface area contributed by atoms with E-state index in [4.69, 9.17) is 9.68 Å². The number of aliphatic imine (C=N–C) groups is 1. The lowest BCUT2D eigenvalue weighted by molar-refractivity contribution is -0.122. The molecule has 0 aliphatic carbocycles. The first-order valence-electron chi connectivity index (χ1n) is 9.23. The highest BCUT2D eigenvalue weighted by molar-refractivity contribution is 8.18. The average molecular weight is 417 g/mol. The van der Waals surface area contributed by atoms with Gasteiger partial charge in [-0.15, -0.1) is 0 Å². The van der Waals surface area contributed by atoms with E-state index in [2.05, 4.69) is 11.1 Å². The Kier molecular flexibility index (Phi) is 5.50. The van der Waals surface area contributed by atoms with Crippen LogP contribution in [0.1, 0.15) is 18.2 Å². The van der Waals surface area contributed by atoms with Crippen molar-refractivity contribution in [1.82, 2.24) is 4.90 Å². The fourth-order valence-electron chi connectivity index (χ4n) is 2.92. The highest BCUT2D eigenvalue weighted by Crippen LogP contribution is 2.35. The molecule has 0 spiro atoms. The second-order valence-corrected chi connectivity index (χ2v) is 7.43. The van der Waals surface area contributed by atoms with Crippen LogP contribution in [0.4, 0.5) is 10.1 Å². The van der Waals surface area contributed by atoms with E-state index in [0.29, 0.717) is 39.4 Å². The second kappa shape index (κ2) is 8.39. The van der Waals surface area contributed by atoms with Gasteiger partial charge in [-0.3, -0.25) is 9.69 Å². The van der Waals surface area contributed by atoms with Crippen molar-refractivity contribution in [3.8, 4) is 17.4 Å². The van der Waals surface area contributed by atoms with Crippen molar-refractivity contribution in [2.45, 2.75) is 6.92 Å². The maximum atomic E-state index is 13.1. The molecule has 1 aliphatic heterocycles. The Bertz CT molecular complexity index is 1190. The lowest BCUT2D eigenvalue weighted by Crippen LogP contribution is -2.28. The third-order valence-electron chi connectivity index (χ3n) is 4.45. The highest BCUT2D eigenvalue weighted by Gasteiger charge is 2.32. The average Bonchev–Trinajstić information content (AvgIpc) is 3.34. The van der Waals surface area contributed by atoms with Crippen LogP contribution >= 0.6 is 11.8 Å². The Morgan fingerprint density at radius 3 is 2.53 bits per heavy atom. The van der Waals surface area contributed by atoms with Gasteiger partial charge in [0.15, 0.2) is 5.17 Å². The fraction of sp³-hybridized carbons (Fsp3) is 0.0870. The third-order valence-corrected chi connectivity index (χ3v) is 5.46. The molecule has 1 fully saturated rings. The van der Waals surface area contributed by atoms with Crippen LogP contribution in [-0.4, -0.2) is 22.5 Å². The first-order chi connectivity index (χ1) is 14.6. The number of halogens is 1. The zero-order chi connectivity index (χ0) is 21.1. The van der Waals surface area contributed by atoms with Crippen molar-refractivity contribution in [1.29, 1.82) is 5.26 Å². The summed E-state index contributed by atoms with van der Waals surface area (Å²) in [5.74, 6) is 0.705. The van der Waals surface area contributed by atoms with Crippen LogP contribution < -0.4 is 0 Å². The number of hydrogen-bond donors (Lipinski definition) is 0. The number of carbonyl (C=O) groups excluding carboxylic acids is 1. The number of nitriles is 1. The molecular formula is C23H16FN3O2S. The van der Waals surface area contributed by atoms with Crippen LogP contribution in [-0.2, 0) is 4.79 Å². The first-order valence-corrected chi connectivity index (χ1v) is 10.0. The summed E-state index contributed by atoms with van der Waals surface area (Å²) in [5, 5.41) is 9.45. The van der Waals surface area contributed by atoms with Gasteiger partial charge in [0.2, 0.25) is 0 Å². The van der Waals surface area contributed by atoms with Gasteiger partial charge in [0.05, 0.1) is 22.2 Å². The molecular weight excluding hydrogens is 401 g/mol. The van der Waals surface area contributed by atoms with Crippen molar-refractivity contribution in [2.75, 3.05) is 6.54 Å². The normalized spacial score (nSPS) is 16.4. The summed E-state index contributed by atoms with van der Waals surface area (Å²) in [6.45, 7) is 2.34. The van der Waals surface area contributed by atoms with Crippen LogP contribution in [0.15, 0.2) is 75.0 Å². The van der Waals surface area contributed by atoms with Gasteiger partial charge in [0, 0.05) is 18.2 Å². The Morgan fingerprint density at radius 1 is 1.13 bits per heavy atom. The van der Waals surface area contributed by atoms with E-state index in [-0.39, 0.29) is 11.7 Å². The van der Waals surface area contributed by atoms with E-state index < -0.39 is 0 Å². The number of nitrogens with zero attached hydrogens (tertiary/aromatic N) is 3. The molecule has 1 aromatic heterocycles. The monoisotopic (exact) mass is 417 g/mol. The van der Waals surface area contributed by atoms with Crippen molar-refractivity contribution in [3.63, 3.8) is 0 Å². The predicted octanol–water partition coefficient (Wildman–Crippen LogP) is 5.58. The molecule has 2 aromatic carbocycles. The number of amidine groups is 1. The highest BCUT2D eigenvalue weighted by atomic mass is 32.2. The summed E-state index contributed by atoms with van der Waals surface area (Å²) in [4.78, 5) is 19.3. The number of carbonyl (C=O) groups is 1. The van der Waals surface area contributed by atoms with Gasteiger partial charge in [0.1, 0.15) is 17.3 Å². The van der Waals surface area contributed by atoms with Gasteiger partial charge < -0.3 is 4.42 Å². The molecule has 3 aromatic rings. The Hall–Kier alpha value is -3.63. The summed E-state index contributed by atoms with van der Waals surface area (Å²) in [6, 6.07) is 18.6. The standard InChI is InChI=1S/C23H16FN3O2S/c1-2-27-22(28)21(30-23(27)26-18-9-7-17(24)8-10-18)13-19-11-12-20(29-19)16-5-3-15(14-25)4-6-16/h3-13H,2H2,1H3/b21-13+,26-23?. The molecule has 5 nitrogen and oxygen atoms in total. The summed E-state index contributed by atoms with van der Waals surface area (Å²) in [7, 11) is 0. The van der Waals surface area contributed by atoms with E-state index in [9.17, 15) is 9.18 Å². The van der Waals surface area contributed by atoms with E-state index in [1.54, 1.807) is 41.3 Å². The Labute approximate surface area is 177 Å². The van der Waals surface area contributed by atoms with Crippen molar-refractivity contribution in [3.05, 3.63) is 82.7 Å². The lowest BCUT2D eigenvalue weighted by atomic mass is 10.1. The molecule has 30 heavy (non-hydrogen) atoms. The quantitative estimate of drug-likeness (QED) is 0.520. The van der Waals surface area contributed by atoms with Gasteiger partial charge in [0.25, 0.3) is 5.91 Å². The van der Waals surface area contributed by atoms with Crippen LogP contribution in [0.3, 0.4) is 0 Å². The lowest BCUT2D eigenvalue weighted by Gasteiger charge is -2.11. The minimum atomic E-state index is -0.335. The number of hydrogen-bond acceptors (Lipinski definition) is 5. The van der Waals surface area contributed by atoms with Gasteiger partial charge in [-0.05, 0) is 79.3 Å². The summed E-state index contributed by atoms with van der Waals surface area (Å²) in [6.07, 6.45) is 1.69. The first kappa shape index (κ1) is 19.7. The summed E-state index contributed by atoms with van der Waals surface area (Å²) < 4.78 is 19.0. The van der Waals surface area contributed by atoms with Crippen molar-refractivity contribution >= 4 is 34.6 Å². The zero-order valence-electron chi connectivity index (χ0n) is 16.0. The molecule has 1 aliphatic rings. The van der Waals surface area contributed by atoms with E-state index in [1.807, 2.05) is 25.1 Å². The summed E-state index contributed by atoms with van der Waals surface area (Å²) in [5.41, 5.74) is 2.00. The van der Waals surface area contributed by atoms with Crippen LogP contribution in [0.5, 0.6) is 0 Å². The minimum Gasteiger partial charge on any atom is -0.457 e. The molecule has 0 saturated carbocycles. The van der Waals surface area contributed by atoms with Crippen molar-refractivity contribution in [2.24, 2.45) is 4.99 Å². The van der Waals surface area contributed by atoms with Gasteiger partial charge >= 0.3 is 0 Å². The van der Waals surface area contributed by atoms with E-state index in [1.165, 1.54) is 23.9 Å². The number of thioether (sulfide) groups is 1. The smallest absolute Gasteiger partial charge is 0.266 e. The maximum Gasteiger partial charge on any atom is 0.266 e. The largest absolute Gasteiger partial charge is 0.457 e. The molecule has 148 valence electrons. The Balaban J connectivity index is 1.59. The SMILES string of the molecule is CCN1C(=O)/C(=C\c2ccc(-c3ccc(C#N)cc3)o2)SC1=Nc1ccc(F)cc1.